The van der Waals surface area contributed by atoms with Crippen molar-refractivity contribution in [1.29, 1.82) is 0 Å². The van der Waals surface area contributed by atoms with Gasteiger partial charge in [-0.1, -0.05) is 12.1 Å². The summed E-state index contributed by atoms with van der Waals surface area (Å²) in [7, 11) is -1.72. The summed E-state index contributed by atoms with van der Waals surface area (Å²) in [5, 5.41) is 18.0. The van der Waals surface area contributed by atoms with Crippen LogP contribution in [0, 0.1) is 11.6 Å². The molecule has 0 unspecified atom stereocenters. The molecular formula is C11H8BF2NO2. The van der Waals surface area contributed by atoms with Gasteiger partial charge in [-0.15, -0.1) is 0 Å². The van der Waals surface area contributed by atoms with Gasteiger partial charge in [-0.05, 0) is 17.6 Å². The van der Waals surface area contributed by atoms with Gasteiger partial charge in [-0.3, -0.25) is 4.98 Å². The highest BCUT2D eigenvalue weighted by molar-refractivity contribution is 6.58. The first-order valence-corrected chi connectivity index (χ1v) is 4.85. The van der Waals surface area contributed by atoms with Crippen LogP contribution in [-0.4, -0.2) is 22.2 Å². The highest BCUT2D eigenvalue weighted by atomic mass is 19.1. The second-order valence-electron chi connectivity index (χ2n) is 3.47. The van der Waals surface area contributed by atoms with E-state index in [1.807, 2.05) is 0 Å². The van der Waals surface area contributed by atoms with Crippen LogP contribution in [0.25, 0.3) is 11.1 Å². The maximum atomic E-state index is 13.5. The molecule has 0 amide bonds. The summed E-state index contributed by atoms with van der Waals surface area (Å²) in [6.45, 7) is 0. The van der Waals surface area contributed by atoms with Crippen molar-refractivity contribution in [3.63, 3.8) is 0 Å². The van der Waals surface area contributed by atoms with Crippen molar-refractivity contribution in [2.45, 2.75) is 0 Å². The molecule has 1 aromatic heterocycles. The van der Waals surface area contributed by atoms with Crippen LogP contribution in [0.4, 0.5) is 8.78 Å². The van der Waals surface area contributed by atoms with Crippen LogP contribution < -0.4 is 5.46 Å². The predicted molar refractivity (Wildman–Crippen MR) is 59.4 cm³/mol. The lowest BCUT2D eigenvalue weighted by molar-refractivity contribution is 0.425. The van der Waals surface area contributed by atoms with Gasteiger partial charge in [0, 0.05) is 17.3 Å². The number of aromatic nitrogens is 1. The van der Waals surface area contributed by atoms with Crippen LogP contribution in [0.5, 0.6) is 0 Å². The predicted octanol–water partition coefficient (Wildman–Crippen LogP) is 0.707. The van der Waals surface area contributed by atoms with E-state index in [1.54, 1.807) is 0 Å². The topological polar surface area (TPSA) is 53.4 Å². The molecule has 2 N–H and O–H groups in total. The van der Waals surface area contributed by atoms with E-state index in [0.717, 1.165) is 12.3 Å². The third-order valence-corrected chi connectivity index (χ3v) is 2.35. The zero-order chi connectivity index (χ0) is 12.4. The molecule has 0 fully saturated rings. The first-order valence-electron chi connectivity index (χ1n) is 4.85. The van der Waals surface area contributed by atoms with Gasteiger partial charge in [-0.2, -0.15) is 0 Å². The van der Waals surface area contributed by atoms with Crippen LogP contribution in [-0.2, 0) is 0 Å². The molecule has 1 aromatic carbocycles. The van der Waals surface area contributed by atoms with E-state index in [4.69, 9.17) is 10.0 Å². The Kier molecular flexibility index (Phi) is 3.17. The number of halogens is 2. The Morgan fingerprint density at radius 2 is 1.76 bits per heavy atom. The molecule has 0 aliphatic heterocycles. The summed E-state index contributed by atoms with van der Waals surface area (Å²) in [6, 6.07) is 4.80. The van der Waals surface area contributed by atoms with Gasteiger partial charge >= 0.3 is 7.12 Å². The minimum atomic E-state index is -1.72. The summed E-state index contributed by atoms with van der Waals surface area (Å²) in [4.78, 5) is 3.56. The summed E-state index contributed by atoms with van der Waals surface area (Å²) in [5.41, 5.74) is 0.0908. The molecule has 17 heavy (non-hydrogen) atoms. The summed E-state index contributed by atoms with van der Waals surface area (Å²) in [5.74, 6) is -1.31. The third kappa shape index (κ3) is 2.32. The lowest BCUT2D eigenvalue weighted by Gasteiger charge is -2.07. The van der Waals surface area contributed by atoms with Gasteiger partial charge in [0.25, 0.3) is 0 Å². The molecule has 0 aliphatic rings. The van der Waals surface area contributed by atoms with Crippen molar-refractivity contribution in [3.05, 3.63) is 48.3 Å². The van der Waals surface area contributed by atoms with Gasteiger partial charge < -0.3 is 10.0 Å². The molecule has 3 nitrogen and oxygen atoms in total. The second-order valence-corrected chi connectivity index (χ2v) is 3.47. The van der Waals surface area contributed by atoms with E-state index in [1.165, 1.54) is 24.4 Å². The Morgan fingerprint density at radius 3 is 2.41 bits per heavy atom. The van der Waals surface area contributed by atoms with Gasteiger partial charge in [-0.25, -0.2) is 8.78 Å². The quantitative estimate of drug-likeness (QED) is 0.753. The summed E-state index contributed by atoms with van der Waals surface area (Å²) >= 11 is 0. The average Bonchev–Trinajstić information content (AvgIpc) is 2.30. The van der Waals surface area contributed by atoms with Crippen LogP contribution in [0.2, 0.25) is 0 Å². The van der Waals surface area contributed by atoms with Crippen molar-refractivity contribution in [2.24, 2.45) is 0 Å². The van der Waals surface area contributed by atoms with Crippen molar-refractivity contribution < 1.29 is 18.8 Å². The molecule has 86 valence electrons. The molecule has 2 rings (SSSR count). The molecule has 2 aromatic rings. The largest absolute Gasteiger partial charge is 0.488 e. The lowest BCUT2D eigenvalue weighted by atomic mass is 9.79. The normalized spacial score (nSPS) is 10.4. The molecule has 0 bridgehead atoms. The van der Waals surface area contributed by atoms with Crippen molar-refractivity contribution in [2.75, 3.05) is 0 Å². The molecule has 0 saturated carbocycles. The van der Waals surface area contributed by atoms with E-state index in [9.17, 15) is 8.78 Å². The fraction of sp³-hybridized carbons (Fsp3) is 0. The molecule has 0 atom stereocenters. The monoisotopic (exact) mass is 235 g/mol. The van der Waals surface area contributed by atoms with Crippen LogP contribution in [0.3, 0.4) is 0 Å². The van der Waals surface area contributed by atoms with E-state index in [-0.39, 0.29) is 16.6 Å². The standard InChI is InChI=1S/C11H8BF2NO2/c13-10-2-1-7(12(16)17)5-9(10)8-3-4-15-6-11(8)14/h1-6,16-17H. The number of benzene rings is 1. The molecular weight excluding hydrogens is 227 g/mol. The minimum absolute atomic E-state index is 0.0278. The Morgan fingerprint density at radius 1 is 1.00 bits per heavy atom. The van der Waals surface area contributed by atoms with E-state index in [2.05, 4.69) is 4.98 Å². The fourth-order valence-electron chi connectivity index (χ4n) is 1.50. The maximum Gasteiger partial charge on any atom is 0.488 e. The molecule has 1 heterocycles. The Hall–Kier alpha value is -1.79. The smallest absolute Gasteiger partial charge is 0.423 e. The van der Waals surface area contributed by atoms with Crippen molar-refractivity contribution in [3.8, 4) is 11.1 Å². The Balaban J connectivity index is 2.59. The molecule has 6 heteroatoms. The van der Waals surface area contributed by atoms with Gasteiger partial charge in [0.15, 0.2) is 0 Å². The number of rotatable bonds is 2. The number of pyridine rings is 1. The first kappa shape index (κ1) is 11.7. The van der Waals surface area contributed by atoms with Crippen LogP contribution >= 0.6 is 0 Å². The summed E-state index contributed by atoms with van der Waals surface area (Å²) in [6.07, 6.45) is 2.30. The SMILES string of the molecule is OB(O)c1ccc(F)c(-c2ccncc2F)c1. The van der Waals surface area contributed by atoms with E-state index < -0.39 is 18.8 Å². The zero-order valence-corrected chi connectivity index (χ0v) is 8.64. The Labute approximate surface area is 96.5 Å². The van der Waals surface area contributed by atoms with Gasteiger partial charge in [0.05, 0.1) is 6.20 Å². The van der Waals surface area contributed by atoms with Crippen molar-refractivity contribution in [1.82, 2.24) is 4.98 Å². The van der Waals surface area contributed by atoms with E-state index >= 15 is 0 Å². The first-order chi connectivity index (χ1) is 8.09. The second kappa shape index (κ2) is 4.61. The van der Waals surface area contributed by atoms with Gasteiger partial charge in [0.2, 0.25) is 0 Å². The zero-order valence-electron chi connectivity index (χ0n) is 8.64. The summed E-state index contributed by atoms with van der Waals surface area (Å²) < 4.78 is 27.0. The van der Waals surface area contributed by atoms with Crippen LogP contribution in [0.1, 0.15) is 0 Å². The molecule has 0 saturated heterocycles. The molecule has 0 aliphatic carbocycles. The Bertz CT molecular complexity index is 549. The van der Waals surface area contributed by atoms with Crippen molar-refractivity contribution >= 4 is 12.6 Å². The van der Waals surface area contributed by atoms with Crippen LogP contribution in [0.15, 0.2) is 36.7 Å². The average molecular weight is 235 g/mol. The maximum absolute atomic E-state index is 13.5. The minimum Gasteiger partial charge on any atom is -0.423 e. The number of hydrogen-bond donors (Lipinski definition) is 2. The highest BCUT2D eigenvalue weighted by Crippen LogP contribution is 2.23. The molecule has 0 radical (unpaired) electrons. The van der Waals surface area contributed by atoms with E-state index in [0.29, 0.717) is 0 Å². The molecule has 0 spiro atoms. The fourth-order valence-corrected chi connectivity index (χ4v) is 1.50. The highest BCUT2D eigenvalue weighted by Gasteiger charge is 2.16. The third-order valence-electron chi connectivity index (χ3n) is 2.35. The number of hydrogen-bond acceptors (Lipinski definition) is 3. The number of nitrogens with zero attached hydrogens (tertiary/aromatic N) is 1. The lowest BCUT2D eigenvalue weighted by Crippen LogP contribution is -2.29. The van der Waals surface area contributed by atoms with Gasteiger partial charge in [0.1, 0.15) is 11.6 Å².